The molecule has 0 saturated heterocycles. The van der Waals surface area contributed by atoms with Crippen LogP contribution in [0.15, 0.2) is 0 Å². The van der Waals surface area contributed by atoms with E-state index in [1.54, 1.807) is 0 Å². The van der Waals surface area contributed by atoms with Crippen LogP contribution in [0.2, 0.25) is 0 Å². The number of halogens is 1. The van der Waals surface area contributed by atoms with Crippen LogP contribution in [0.5, 0.6) is 0 Å². The lowest BCUT2D eigenvalue weighted by Crippen LogP contribution is -2.48. The minimum Gasteiger partial charge on any atom is -0.394 e. The van der Waals surface area contributed by atoms with Gasteiger partial charge in [0.2, 0.25) is 4.69 Å². The zero-order valence-electron chi connectivity index (χ0n) is 13.2. The lowest BCUT2D eigenvalue weighted by Gasteiger charge is -2.29. The van der Waals surface area contributed by atoms with E-state index >= 15 is 0 Å². The van der Waals surface area contributed by atoms with Crippen LogP contribution in [-0.2, 0) is 33.4 Å². The Morgan fingerprint density at radius 1 is 1.10 bits per heavy atom. The van der Waals surface area contributed by atoms with Crippen LogP contribution < -0.4 is 0 Å². The first-order valence-electron chi connectivity index (χ1n) is 6.82. The van der Waals surface area contributed by atoms with Crippen LogP contribution in [-0.4, -0.2) is 73.3 Å². The Balaban J connectivity index is 5.22. The highest BCUT2D eigenvalue weighted by atomic mass is 79.9. The highest BCUT2D eigenvalue weighted by Gasteiger charge is 2.35. The van der Waals surface area contributed by atoms with E-state index in [2.05, 4.69) is 15.9 Å². The maximum atomic E-state index is 11.6. The third-order valence-electron chi connectivity index (χ3n) is 2.08. The van der Waals surface area contributed by atoms with Gasteiger partial charge in [-0.15, -0.1) is 0 Å². The number of aliphatic hydroxyl groups excluding tert-OH is 1. The van der Waals surface area contributed by atoms with Crippen LogP contribution in [0.4, 0.5) is 0 Å². The predicted molar refractivity (Wildman–Crippen MR) is 68.4 cm³/mol. The van der Waals surface area contributed by atoms with Crippen molar-refractivity contribution in [1.29, 1.82) is 0 Å². The van der Waals surface area contributed by atoms with Crippen molar-refractivity contribution in [3.05, 3.63) is 0 Å². The third-order valence-corrected chi connectivity index (χ3v) is 2.53. The molecule has 0 amide bonds. The van der Waals surface area contributed by atoms with Crippen LogP contribution in [0.1, 0.15) is 4.11 Å². The fourth-order valence-corrected chi connectivity index (χ4v) is 1.72. The van der Waals surface area contributed by atoms with Crippen molar-refractivity contribution in [3.8, 4) is 0 Å². The molecule has 0 aromatic heterocycles. The molecule has 0 bridgehead atoms. The number of aliphatic hydroxyl groups is 1. The van der Waals surface area contributed by atoms with E-state index in [1.807, 2.05) is 0 Å². The molecule has 0 heterocycles. The Labute approximate surface area is 127 Å². The van der Waals surface area contributed by atoms with Gasteiger partial charge in [0.1, 0.15) is 54.9 Å². The maximum absolute atomic E-state index is 11.6. The summed E-state index contributed by atoms with van der Waals surface area (Å²) in [6.45, 7) is -3.03. The molecule has 20 heavy (non-hydrogen) atoms. The molecule has 114 valence electrons. The highest BCUT2D eigenvalue weighted by Crippen LogP contribution is 2.15. The van der Waals surface area contributed by atoms with Crippen LogP contribution in [0.3, 0.4) is 0 Å². The molecule has 0 radical (unpaired) electrons. The second kappa shape index (κ2) is 11.8. The fourth-order valence-electron chi connectivity index (χ4n) is 1.33. The molecule has 0 spiro atoms. The smallest absolute Gasteiger partial charge is 0.229 e. The highest BCUT2D eigenvalue weighted by molar-refractivity contribution is 9.18. The molecule has 9 heteroatoms. The summed E-state index contributed by atoms with van der Waals surface area (Å²) in [5, 5.41) is 9.29. The SMILES string of the molecule is [2H]C(=O)CO[C@H]([C@@H](CO)OCC([2H])=O)[C@@H](OCC([2H])=O)C(=O)Br. The molecule has 8 nitrogen and oxygen atoms in total. The average Bonchev–Trinajstić information content (AvgIpc) is 2.43. The topological polar surface area (TPSA) is 116 Å². The van der Waals surface area contributed by atoms with Gasteiger partial charge in [0.05, 0.1) is 6.61 Å². The summed E-state index contributed by atoms with van der Waals surface area (Å²) in [5.74, 6) is 0. The number of aldehydes is 3. The molecule has 3 atom stereocenters. The monoisotopic (exact) mass is 357 g/mol. The van der Waals surface area contributed by atoms with Crippen LogP contribution >= 0.6 is 15.9 Å². The lowest BCUT2D eigenvalue weighted by atomic mass is 10.1. The Hall–Kier alpha value is -1.00. The second-order valence-electron chi connectivity index (χ2n) is 3.28. The van der Waals surface area contributed by atoms with Crippen molar-refractivity contribution in [2.75, 3.05) is 26.4 Å². The van der Waals surface area contributed by atoms with Crippen molar-refractivity contribution in [3.63, 3.8) is 0 Å². The van der Waals surface area contributed by atoms with Crippen molar-refractivity contribution < 1.29 is 42.6 Å². The van der Waals surface area contributed by atoms with Gasteiger partial charge in [-0.05, 0) is 15.9 Å². The number of hydrogen-bond donors (Lipinski definition) is 1. The molecule has 1 N–H and O–H groups in total. The zero-order chi connectivity index (χ0) is 18.0. The summed E-state index contributed by atoms with van der Waals surface area (Å²) < 4.78 is 34.3. The van der Waals surface area contributed by atoms with E-state index in [0.29, 0.717) is 0 Å². The number of ether oxygens (including phenoxy) is 3. The van der Waals surface area contributed by atoms with Crippen molar-refractivity contribution in [1.82, 2.24) is 0 Å². The van der Waals surface area contributed by atoms with Crippen molar-refractivity contribution in [2.45, 2.75) is 18.3 Å². The first kappa shape index (κ1) is 14.0. The Kier molecular flexibility index (Phi) is 8.23. The van der Waals surface area contributed by atoms with Crippen molar-refractivity contribution in [2.24, 2.45) is 0 Å². The summed E-state index contributed by atoms with van der Waals surface area (Å²) in [5.41, 5.74) is 0. The molecule has 0 fully saturated rings. The van der Waals surface area contributed by atoms with Crippen LogP contribution in [0, 0.1) is 0 Å². The number of hydrogen-bond acceptors (Lipinski definition) is 8. The Morgan fingerprint density at radius 2 is 1.60 bits per heavy atom. The molecule has 0 aliphatic rings. The summed E-state index contributed by atoms with van der Waals surface area (Å²) in [7, 11) is 0. The van der Waals surface area contributed by atoms with Crippen LogP contribution in [0.25, 0.3) is 0 Å². The van der Waals surface area contributed by atoms with Gasteiger partial charge >= 0.3 is 0 Å². The molecular weight excluding hydrogens is 340 g/mol. The molecule has 0 aliphatic carbocycles. The molecule has 0 aliphatic heterocycles. The summed E-state index contributed by atoms with van der Waals surface area (Å²) >= 11 is 2.59. The molecule has 0 rings (SSSR count). The Morgan fingerprint density at radius 3 is 2.05 bits per heavy atom. The van der Waals surface area contributed by atoms with Gasteiger partial charge < -0.3 is 33.7 Å². The minimum atomic E-state index is -1.55. The van der Waals surface area contributed by atoms with E-state index in [1.165, 1.54) is 0 Å². The largest absolute Gasteiger partial charge is 0.394 e. The van der Waals surface area contributed by atoms with Gasteiger partial charge in [-0.2, -0.15) is 0 Å². The Bertz CT molecular complexity index is 447. The molecule has 0 aromatic carbocycles. The maximum Gasteiger partial charge on any atom is 0.229 e. The van der Waals surface area contributed by atoms with E-state index in [4.69, 9.17) is 18.3 Å². The number of carbonyl (C=O) groups is 4. The van der Waals surface area contributed by atoms with E-state index in [-0.39, 0.29) is 0 Å². The van der Waals surface area contributed by atoms with Gasteiger partial charge in [0, 0.05) is 0 Å². The summed E-state index contributed by atoms with van der Waals surface area (Å²) in [6.07, 6.45) is -7.75. The van der Waals surface area contributed by atoms with E-state index < -0.39 is 68.2 Å². The van der Waals surface area contributed by atoms with E-state index in [0.717, 1.165) is 0 Å². The molecule has 0 unspecified atom stereocenters. The first-order chi connectivity index (χ1) is 10.7. The number of rotatable bonds is 13. The lowest BCUT2D eigenvalue weighted by molar-refractivity contribution is -0.161. The first-order valence-corrected chi connectivity index (χ1v) is 6.11. The normalized spacial score (nSPS) is 17.2. The zero-order valence-corrected chi connectivity index (χ0v) is 11.8. The summed E-state index contributed by atoms with van der Waals surface area (Å²) in [4.78, 5) is 43.6. The second-order valence-corrected chi connectivity index (χ2v) is 4.06. The predicted octanol–water partition coefficient (Wildman–Crippen LogP) is -1.35. The third kappa shape index (κ3) is 6.96. The molecule has 0 aromatic rings. The van der Waals surface area contributed by atoms with Gasteiger partial charge in [0.15, 0.2) is 6.10 Å². The fraction of sp³-hybridized carbons (Fsp3) is 0.636. The van der Waals surface area contributed by atoms with Crippen molar-refractivity contribution >= 4 is 39.4 Å². The average molecular weight is 358 g/mol. The standard InChI is InChI=1S/C11H15BrO8/c12-11(17)10(20-6-3-15)9(19-5-2-14)8(7-16)18-4-1-13/h1-3,8-10,16H,4-7H2/t8-,9-,10-/m1/s1/i1D,2D,3D. The quantitative estimate of drug-likeness (QED) is 0.317. The van der Waals surface area contributed by atoms with Gasteiger partial charge in [-0.3, -0.25) is 4.79 Å². The number of carbonyl (C=O) groups excluding carboxylic acids is 4. The van der Waals surface area contributed by atoms with Gasteiger partial charge in [-0.25, -0.2) is 0 Å². The molecule has 0 saturated carbocycles. The van der Waals surface area contributed by atoms with Gasteiger partial charge in [0.25, 0.3) is 0 Å². The minimum absolute atomic E-state index is 0.722. The van der Waals surface area contributed by atoms with E-state index in [9.17, 15) is 24.3 Å². The molecular formula is C11H15BrO8. The van der Waals surface area contributed by atoms with Gasteiger partial charge in [-0.1, -0.05) is 0 Å². The summed E-state index contributed by atoms with van der Waals surface area (Å²) in [6, 6.07) is 0.